The number of nitrogens with zero attached hydrogens (tertiary/aromatic N) is 1. The van der Waals surface area contributed by atoms with Crippen LogP contribution in [0.4, 0.5) is 11.4 Å². The first-order chi connectivity index (χ1) is 9.61. The summed E-state index contributed by atoms with van der Waals surface area (Å²) in [5.74, 6) is 0.0337. The predicted octanol–water partition coefficient (Wildman–Crippen LogP) is 2.78. The molecule has 1 aromatic carbocycles. The number of nitrogens with one attached hydrogen (secondary N) is 1. The molecule has 1 aliphatic rings. The summed E-state index contributed by atoms with van der Waals surface area (Å²) in [6, 6.07) is 6.22. The Bertz CT molecular complexity index is 453. The van der Waals surface area contributed by atoms with E-state index in [9.17, 15) is 4.79 Å². The summed E-state index contributed by atoms with van der Waals surface area (Å²) in [6.45, 7) is 5.64. The second-order valence-corrected chi connectivity index (χ2v) is 5.62. The van der Waals surface area contributed by atoms with Crippen LogP contribution in [-0.2, 0) is 4.79 Å². The Kier molecular flexibility index (Phi) is 5.01. The van der Waals surface area contributed by atoms with E-state index in [1.54, 1.807) is 0 Å². The van der Waals surface area contributed by atoms with Crippen molar-refractivity contribution >= 4 is 17.3 Å². The van der Waals surface area contributed by atoms with Crippen molar-refractivity contribution in [1.29, 1.82) is 0 Å². The fraction of sp³-hybridized carbons (Fsp3) is 0.562. The van der Waals surface area contributed by atoms with Crippen molar-refractivity contribution in [1.82, 2.24) is 4.90 Å². The van der Waals surface area contributed by atoms with E-state index in [1.165, 1.54) is 19.3 Å². The number of hydrogen-bond donors (Lipinski definition) is 2. The number of carbonyl (C=O) groups is 1. The quantitative estimate of drug-likeness (QED) is 0.831. The van der Waals surface area contributed by atoms with Gasteiger partial charge in [-0.25, -0.2) is 0 Å². The third-order valence-corrected chi connectivity index (χ3v) is 4.14. The molecule has 0 bridgehead atoms. The molecule has 4 nitrogen and oxygen atoms in total. The van der Waals surface area contributed by atoms with Crippen molar-refractivity contribution in [2.45, 2.75) is 45.6 Å². The Balaban J connectivity index is 1.98. The van der Waals surface area contributed by atoms with Gasteiger partial charge in [-0.05, 0) is 44.4 Å². The monoisotopic (exact) mass is 275 g/mol. The van der Waals surface area contributed by atoms with Crippen molar-refractivity contribution in [2.24, 2.45) is 0 Å². The van der Waals surface area contributed by atoms with Crippen molar-refractivity contribution in [3.05, 3.63) is 23.8 Å². The van der Waals surface area contributed by atoms with Crippen LogP contribution in [0.2, 0.25) is 0 Å². The molecule has 1 amide bonds. The van der Waals surface area contributed by atoms with Crippen LogP contribution < -0.4 is 11.1 Å². The highest BCUT2D eigenvalue weighted by Crippen LogP contribution is 2.23. The topological polar surface area (TPSA) is 58.4 Å². The Morgan fingerprint density at radius 3 is 2.95 bits per heavy atom. The Hall–Kier alpha value is -1.55. The van der Waals surface area contributed by atoms with Gasteiger partial charge in [0.05, 0.1) is 17.9 Å². The molecule has 0 radical (unpaired) electrons. The lowest BCUT2D eigenvalue weighted by atomic mass is 10.00. The van der Waals surface area contributed by atoms with E-state index in [0.717, 1.165) is 24.2 Å². The standard InChI is InChI=1S/C16H25N3O/c1-3-13-8-4-5-10-19(13)11-15(20)18-16-12(2)7-6-9-14(16)17/h6-7,9,13H,3-5,8,10-11,17H2,1-2H3,(H,18,20). The SMILES string of the molecule is CCC1CCCCN1CC(=O)Nc1c(C)cccc1N. The van der Waals surface area contributed by atoms with Crippen LogP contribution in [0.1, 0.15) is 38.2 Å². The molecular weight excluding hydrogens is 250 g/mol. The van der Waals surface area contributed by atoms with Crippen LogP contribution in [0.3, 0.4) is 0 Å². The van der Waals surface area contributed by atoms with Gasteiger partial charge < -0.3 is 11.1 Å². The highest BCUT2D eigenvalue weighted by Gasteiger charge is 2.23. The second-order valence-electron chi connectivity index (χ2n) is 5.62. The minimum absolute atomic E-state index is 0.0337. The normalized spacial score (nSPS) is 19.8. The summed E-state index contributed by atoms with van der Waals surface area (Å²) in [4.78, 5) is 14.5. The minimum atomic E-state index is 0.0337. The van der Waals surface area contributed by atoms with Crippen LogP contribution in [-0.4, -0.2) is 29.9 Å². The van der Waals surface area contributed by atoms with E-state index in [0.29, 0.717) is 18.3 Å². The van der Waals surface area contributed by atoms with Crippen LogP contribution >= 0.6 is 0 Å². The van der Waals surface area contributed by atoms with E-state index < -0.39 is 0 Å². The zero-order valence-electron chi connectivity index (χ0n) is 12.5. The Labute approximate surface area is 121 Å². The number of nitrogen functional groups attached to an aromatic ring is 1. The van der Waals surface area contributed by atoms with Gasteiger partial charge in [-0.3, -0.25) is 9.69 Å². The second kappa shape index (κ2) is 6.75. The van der Waals surface area contributed by atoms with Gasteiger partial charge in [-0.1, -0.05) is 25.5 Å². The molecule has 1 saturated heterocycles. The molecule has 1 fully saturated rings. The number of piperidine rings is 1. The van der Waals surface area contributed by atoms with Crippen molar-refractivity contribution in [3.8, 4) is 0 Å². The number of carbonyl (C=O) groups excluding carboxylic acids is 1. The number of likely N-dealkylation sites (tertiary alicyclic amines) is 1. The number of amides is 1. The fourth-order valence-corrected chi connectivity index (χ4v) is 2.96. The summed E-state index contributed by atoms with van der Waals surface area (Å²) >= 11 is 0. The summed E-state index contributed by atoms with van der Waals surface area (Å²) in [6.07, 6.45) is 4.79. The summed E-state index contributed by atoms with van der Waals surface area (Å²) < 4.78 is 0. The molecule has 3 N–H and O–H groups in total. The number of benzene rings is 1. The molecule has 1 heterocycles. The largest absolute Gasteiger partial charge is 0.397 e. The fourth-order valence-electron chi connectivity index (χ4n) is 2.96. The van der Waals surface area contributed by atoms with Crippen LogP contribution in [0.25, 0.3) is 0 Å². The van der Waals surface area contributed by atoms with Gasteiger partial charge in [0.25, 0.3) is 0 Å². The lowest BCUT2D eigenvalue weighted by Crippen LogP contribution is -2.43. The van der Waals surface area contributed by atoms with Crippen molar-refractivity contribution in [3.63, 3.8) is 0 Å². The molecule has 0 aromatic heterocycles. The van der Waals surface area contributed by atoms with Crippen molar-refractivity contribution in [2.75, 3.05) is 24.1 Å². The van der Waals surface area contributed by atoms with Crippen molar-refractivity contribution < 1.29 is 4.79 Å². The molecule has 4 heteroatoms. The zero-order chi connectivity index (χ0) is 14.5. The molecule has 20 heavy (non-hydrogen) atoms. The Morgan fingerprint density at radius 1 is 1.45 bits per heavy atom. The molecule has 110 valence electrons. The van der Waals surface area contributed by atoms with Gasteiger partial charge in [0.1, 0.15) is 0 Å². The molecule has 0 spiro atoms. The van der Waals surface area contributed by atoms with Gasteiger partial charge >= 0.3 is 0 Å². The van der Waals surface area contributed by atoms with Crippen LogP contribution in [0.15, 0.2) is 18.2 Å². The number of nitrogens with two attached hydrogens (primary N) is 1. The van der Waals surface area contributed by atoms with E-state index in [-0.39, 0.29) is 5.91 Å². The summed E-state index contributed by atoms with van der Waals surface area (Å²) in [5, 5.41) is 2.96. The van der Waals surface area contributed by atoms with E-state index in [4.69, 9.17) is 5.73 Å². The molecule has 2 rings (SSSR count). The van der Waals surface area contributed by atoms with E-state index in [1.807, 2.05) is 25.1 Å². The van der Waals surface area contributed by atoms with Crippen LogP contribution in [0.5, 0.6) is 0 Å². The molecule has 1 aliphatic heterocycles. The first kappa shape index (κ1) is 14.9. The lowest BCUT2D eigenvalue weighted by Gasteiger charge is -2.34. The summed E-state index contributed by atoms with van der Waals surface area (Å²) in [5.41, 5.74) is 8.31. The molecule has 1 aromatic rings. The van der Waals surface area contributed by atoms with E-state index >= 15 is 0 Å². The average Bonchev–Trinajstić information content (AvgIpc) is 2.44. The van der Waals surface area contributed by atoms with Crippen LogP contribution in [0, 0.1) is 6.92 Å². The van der Waals surface area contributed by atoms with Gasteiger partial charge in [-0.15, -0.1) is 0 Å². The first-order valence-corrected chi connectivity index (χ1v) is 7.50. The maximum Gasteiger partial charge on any atom is 0.238 e. The maximum atomic E-state index is 12.2. The van der Waals surface area contributed by atoms with Gasteiger partial charge in [0, 0.05) is 6.04 Å². The van der Waals surface area contributed by atoms with E-state index in [2.05, 4.69) is 17.1 Å². The first-order valence-electron chi connectivity index (χ1n) is 7.50. The summed E-state index contributed by atoms with van der Waals surface area (Å²) in [7, 11) is 0. The van der Waals surface area contributed by atoms with Gasteiger partial charge in [0.2, 0.25) is 5.91 Å². The number of para-hydroxylation sites is 1. The minimum Gasteiger partial charge on any atom is -0.397 e. The molecule has 1 atom stereocenters. The maximum absolute atomic E-state index is 12.2. The van der Waals surface area contributed by atoms with Gasteiger partial charge in [0.15, 0.2) is 0 Å². The predicted molar refractivity (Wildman–Crippen MR) is 83.7 cm³/mol. The third-order valence-electron chi connectivity index (χ3n) is 4.14. The Morgan fingerprint density at radius 2 is 2.25 bits per heavy atom. The molecule has 0 aliphatic carbocycles. The highest BCUT2D eigenvalue weighted by atomic mass is 16.2. The number of anilines is 2. The smallest absolute Gasteiger partial charge is 0.238 e. The third kappa shape index (κ3) is 3.51. The number of rotatable bonds is 4. The lowest BCUT2D eigenvalue weighted by molar-refractivity contribution is -0.118. The zero-order valence-corrected chi connectivity index (χ0v) is 12.5. The molecule has 0 saturated carbocycles. The molecule has 1 unspecified atom stereocenters. The number of aryl methyl sites for hydroxylation is 1. The number of hydrogen-bond acceptors (Lipinski definition) is 3. The highest BCUT2D eigenvalue weighted by molar-refractivity contribution is 5.96. The molecular formula is C16H25N3O. The average molecular weight is 275 g/mol. The van der Waals surface area contributed by atoms with Gasteiger partial charge in [-0.2, -0.15) is 0 Å².